The summed E-state index contributed by atoms with van der Waals surface area (Å²) in [5.74, 6) is -0.155. The quantitative estimate of drug-likeness (QED) is 0.794. The minimum absolute atomic E-state index is 0.108. The van der Waals surface area contributed by atoms with Gasteiger partial charge in [-0.15, -0.1) is 0 Å². The first-order valence-corrected chi connectivity index (χ1v) is 7.75. The molecule has 4 nitrogen and oxygen atoms in total. The van der Waals surface area contributed by atoms with Crippen LogP contribution in [-0.4, -0.2) is 16.8 Å². The number of ketones is 1. The van der Waals surface area contributed by atoms with Crippen LogP contribution in [0.1, 0.15) is 48.2 Å². The first-order valence-electron chi connectivity index (χ1n) is 7.75. The minimum atomic E-state index is -0.172. The van der Waals surface area contributed by atoms with E-state index in [1.54, 1.807) is 18.2 Å². The molecule has 0 bridgehead atoms. The van der Waals surface area contributed by atoms with Crippen molar-refractivity contribution < 1.29 is 14.7 Å². The Morgan fingerprint density at radius 2 is 1.78 bits per heavy atom. The van der Waals surface area contributed by atoms with E-state index in [0.717, 1.165) is 24.8 Å². The normalized spacial score (nSPS) is 10.3. The fraction of sp³-hybridized carbons (Fsp3) is 0.263. The number of amides is 1. The number of aromatic hydroxyl groups is 1. The van der Waals surface area contributed by atoms with Gasteiger partial charge in [-0.25, -0.2) is 0 Å². The molecule has 1 amide bonds. The largest absolute Gasteiger partial charge is 0.508 e. The molecule has 0 fully saturated rings. The van der Waals surface area contributed by atoms with Crippen molar-refractivity contribution >= 4 is 17.4 Å². The Balaban J connectivity index is 2.40. The third-order valence-corrected chi connectivity index (χ3v) is 3.60. The highest BCUT2D eigenvalue weighted by Crippen LogP contribution is 2.22. The number of aryl methyl sites for hydroxylation is 1. The maximum Gasteiger partial charge on any atom is 0.221 e. The number of hydrogen-bond acceptors (Lipinski definition) is 3. The van der Waals surface area contributed by atoms with Gasteiger partial charge in [-0.05, 0) is 54.8 Å². The lowest BCUT2D eigenvalue weighted by Gasteiger charge is -2.11. The van der Waals surface area contributed by atoms with Crippen molar-refractivity contribution in [1.29, 1.82) is 0 Å². The van der Waals surface area contributed by atoms with Crippen LogP contribution in [0.2, 0.25) is 0 Å². The van der Waals surface area contributed by atoms with Gasteiger partial charge < -0.3 is 10.4 Å². The monoisotopic (exact) mass is 311 g/mol. The number of carbonyl (C=O) groups is 2. The van der Waals surface area contributed by atoms with E-state index in [0.29, 0.717) is 16.8 Å². The van der Waals surface area contributed by atoms with Gasteiger partial charge in [-0.1, -0.05) is 19.4 Å². The van der Waals surface area contributed by atoms with Gasteiger partial charge in [0, 0.05) is 23.7 Å². The summed E-state index contributed by atoms with van der Waals surface area (Å²) < 4.78 is 0. The molecule has 2 aromatic carbocycles. The second kappa shape index (κ2) is 7.58. The van der Waals surface area contributed by atoms with Crippen LogP contribution in [0.25, 0.3) is 0 Å². The lowest BCUT2D eigenvalue weighted by atomic mass is 9.94. The molecule has 2 aromatic rings. The van der Waals surface area contributed by atoms with E-state index in [1.165, 1.54) is 19.1 Å². The summed E-state index contributed by atoms with van der Waals surface area (Å²) in [5, 5.41) is 12.1. The standard InChI is InChI=1S/C19H21NO3/c1-3-4-5-14-6-9-16(20-13(2)21)12-18(14)19(23)15-7-10-17(22)11-8-15/h6-12,22H,3-5H2,1-2H3,(H,20,21). The fourth-order valence-corrected chi connectivity index (χ4v) is 2.42. The molecule has 0 saturated heterocycles. The summed E-state index contributed by atoms with van der Waals surface area (Å²) >= 11 is 0. The fourth-order valence-electron chi connectivity index (χ4n) is 2.42. The Bertz CT molecular complexity index is 705. The van der Waals surface area contributed by atoms with Crippen molar-refractivity contribution in [2.45, 2.75) is 33.1 Å². The lowest BCUT2D eigenvalue weighted by Crippen LogP contribution is -2.10. The van der Waals surface area contributed by atoms with E-state index in [2.05, 4.69) is 12.2 Å². The van der Waals surface area contributed by atoms with Gasteiger partial charge in [0.05, 0.1) is 0 Å². The number of nitrogens with one attached hydrogen (secondary N) is 1. The van der Waals surface area contributed by atoms with Gasteiger partial charge in [-0.3, -0.25) is 9.59 Å². The Morgan fingerprint density at radius 3 is 2.39 bits per heavy atom. The third-order valence-electron chi connectivity index (χ3n) is 3.60. The van der Waals surface area contributed by atoms with Crippen molar-refractivity contribution in [3.8, 4) is 5.75 Å². The minimum Gasteiger partial charge on any atom is -0.508 e. The van der Waals surface area contributed by atoms with Crippen molar-refractivity contribution in [2.24, 2.45) is 0 Å². The van der Waals surface area contributed by atoms with Gasteiger partial charge in [-0.2, -0.15) is 0 Å². The molecule has 2 rings (SSSR count). The van der Waals surface area contributed by atoms with Crippen LogP contribution in [0.3, 0.4) is 0 Å². The van der Waals surface area contributed by atoms with E-state index < -0.39 is 0 Å². The van der Waals surface area contributed by atoms with Gasteiger partial charge >= 0.3 is 0 Å². The first-order chi connectivity index (χ1) is 11.0. The van der Waals surface area contributed by atoms with Crippen LogP contribution in [0.5, 0.6) is 5.75 Å². The molecule has 0 aliphatic rings. The molecule has 0 radical (unpaired) electrons. The van der Waals surface area contributed by atoms with Crippen LogP contribution < -0.4 is 5.32 Å². The number of anilines is 1. The van der Waals surface area contributed by atoms with E-state index in [1.807, 2.05) is 12.1 Å². The Kier molecular flexibility index (Phi) is 5.52. The van der Waals surface area contributed by atoms with Crippen molar-refractivity contribution in [2.75, 3.05) is 5.32 Å². The zero-order valence-corrected chi connectivity index (χ0v) is 13.4. The molecule has 2 N–H and O–H groups in total. The van der Waals surface area contributed by atoms with Crippen LogP contribution >= 0.6 is 0 Å². The predicted molar refractivity (Wildman–Crippen MR) is 90.9 cm³/mol. The maximum atomic E-state index is 12.8. The van der Waals surface area contributed by atoms with Gasteiger partial charge in [0.1, 0.15) is 5.75 Å². The van der Waals surface area contributed by atoms with E-state index in [4.69, 9.17) is 0 Å². The van der Waals surface area contributed by atoms with E-state index >= 15 is 0 Å². The van der Waals surface area contributed by atoms with Crippen molar-refractivity contribution in [3.63, 3.8) is 0 Å². The Hall–Kier alpha value is -2.62. The molecule has 0 aliphatic heterocycles. The zero-order chi connectivity index (χ0) is 16.8. The third kappa shape index (κ3) is 4.42. The smallest absolute Gasteiger partial charge is 0.221 e. The number of benzene rings is 2. The molecule has 0 aromatic heterocycles. The topological polar surface area (TPSA) is 66.4 Å². The summed E-state index contributed by atoms with van der Waals surface area (Å²) in [6, 6.07) is 11.6. The molecule has 0 aliphatic carbocycles. The number of hydrogen-bond donors (Lipinski definition) is 2. The molecule has 120 valence electrons. The molecule has 0 spiro atoms. The summed E-state index contributed by atoms with van der Waals surface area (Å²) in [5.41, 5.74) is 2.69. The summed E-state index contributed by atoms with van der Waals surface area (Å²) in [4.78, 5) is 24.0. The number of carbonyl (C=O) groups excluding carboxylic acids is 2. The Morgan fingerprint density at radius 1 is 1.09 bits per heavy atom. The van der Waals surface area contributed by atoms with Crippen molar-refractivity contribution in [3.05, 3.63) is 59.2 Å². The highest BCUT2D eigenvalue weighted by molar-refractivity contribution is 6.10. The van der Waals surface area contributed by atoms with E-state index in [9.17, 15) is 14.7 Å². The Labute approximate surface area is 136 Å². The molecule has 0 unspecified atom stereocenters. The molecule has 0 atom stereocenters. The highest BCUT2D eigenvalue weighted by Gasteiger charge is 2.15. The average molecular weight is 311 g/mol. The van der Waals surface area contributed by atoms with Crippen LogP contribution in [0.4, 0.5) is 5.69 Å². The number of unbranched alkanes of at least 4 members (excludes halogenated alkanes) is 1. The second-order valence-electron chi connectivity index (χ2n) is 5.53. The maximum absolute atomic E-state index is 12.8. The van der Waals surface area contributed by atoms with Crippen LogP contribution in [-0.2, 0) is 11.2 Å². The van der Waals surface area contributed by atoms with Gasteiger partial charge in [0.2, 0.25) is 5.91 Å². The molecule has 4 heteroatoms. The molecule has 0 heterocycles. The van der Waals surface area contributed by atoms with Gasteiger partial charge in [0.15, 0.2) is 5.78 Å². The number of phenols is 1. The van der Waals surface area contributed by atoms with Crippen LogP contribution in [0, 0.1) is 0 Å². The van der Waals surface area contributed by atoms with E-state index in [-0.39, 0.29) is 17.4 Å². The lowest BCUT2D eigenvalue weighted by molar-refractivity contribution is -0.114. The molecular formula is C19H21NO3. The number of rotatable bonds is 6. The summed E-state index contributed by atoms with van der Waals surface area (Å²) in [6.07, 6.45) is 2.85. The molecule has 0 saturated carbocycles. The van der Waals surface area contributed by atoms with Gasteiger partial charge in [0.25, 0.3) is 0 Å². The second-order valence-corrected chi connectivity index (χ2v) is 5.53. The SMILES string of the molecule is CCCCc1ccc(NC(C)=O)cc1C(=O)c1ccc(O)cc1. The predicted octanol–water partition coefficient (Wildman–Crippen LogP) is 3.92. The van der Waals surface area contributed by atoms with Crippen LogP contribution in [0.15, 0.2) is 42.5 Å². The molecular weight excluding hydrogens is 290 g/mol. The first kappa shape index (κ1) is 16.7. The van der Waals surface area contributed by atoms with Crippen molar-refractivity contribution in [1.82, 2.24) is 0 Å². The highest BCUT2D eigenvalue weighted by atomic mass is 16.3. The summed E-state index contributed by atoms with van der Waals surface area (Å²) in [7, 11) is 0. The molecule has 23 heavy (non-hydrogen) atoms. The number of phenolic OH excluding ortho intramolecular Hbond substituents is 1. The zero-order valence-electron chi connectivity index (χ0n) is 13.4. The summed E-state index contributed by atoms with van der Waals surface area (Å²) in [6.45, 7) is 3.54. The average Bonchev–Trinajstić information content (AvgIpc) is 2.53.